The molecule has 41 valence electrons. The van der Waals surface area contributed by atoms with Gasteiger partial charge in [-0.15, -0.1) is 0 Å². The lowest BCUT2D eigenvalue weighted by Gasteiger charge is -1.91. The Morgan fingerprint density at radius 1 is 1.43 bits per heavy atom. The molecule has 0 saturated heterocycles. The largest absolute Gasteiger partial charge is 0.417 e. The summed E-state index contributed by atoms with van der Waals surface area (Å²) in [5, 5.41) is 0. The van der Waals surface area contributed by atoms with Gasteiger partial charge in [0.05, 0.1) is 6.08 Å². The average molecular weight is 129 g/mol. The van der Waals surface area contributed by atoms with Gasteiger partial charge in [0.15, 0.2) is 0 Å². The van der Waals surface area contributed by atoms with Gasteiger partial charge in [0.2, 0.25) is 0 Å². The van der Waals surface area contributed by atoms with Crippen LogP contribution in [-0.4, -0.2) is 6.18 Å². The Labute approximate surface area is 43.6 Å². The molecular weight excluding hydrogens is 128 g/mol. The molecule has 0 aromatic carbocycles. The first-order valence-electron chi connectivity index (χ1n) is 1.32. The molecule has 0 aromatic heterocycles. The number of alkyl halides is 3. The summed E-state index contributed by atoms with van der Waals surface area (Å²) in [6, 6.07) is 0. The van der Waals surface area contributed by atoms with Crippen molar-refractivity contribution in [3.8, 4) is 0 Å². The second-order valence-corrected chi connectivity index (χ2v) is 0.969. The number of hydrogen-bond acceptors (Lipinski definition) is 0. The molecule has 4 heteroatoms. The average Bonchev–Trinajstić information content (AvgIpc) is 1.30. The van der Waals surface area contributed by atoms with Crippen molar-refractivity contribution < 1.29 is 13.2 Å². The normalized spacial score (nSPS) is 13.1. The fourth-order valence-electron chi connectivity index (χ4n) is 0.0619. The lowest BCUT2D eigenvalue weighted by Crippen LogP contribution is -2.00. The minimum absolute atomic E-state index is 0.306. The van der Waals surface area contributed by atoms with E-state index in [0.717, 1.165) is 6.08 Å². The van der Waals surface area contributed by atoms with E-state index in [-0.39, 0.29) is 0 Å². The Balaban J connectivity index is 3.56. The van der Waals surface area contributed by atoms with Gasteiger partial charge in [-0.1, -0.05) is 11.6 Å². The molecular formula is C3HClF3. The summed E-state index contributed by atoms with van der Waals surface area (Å²) in [5.74, 6) is 0. The second-order valence-electron chi connectivity index (χ2n) is 0.751. The van der Waals surface area contributed by atoms with E-state index in [4.69, 9.17) is 0 Å². The molecule has 0 atom stereocenters. The molecule has 0 aliphatic rings. The molecule has 0 N–H and O–H groups in total. The summed E-state index contributed by atoms with van der Waals surface area (Å²) in [6.45, 7) is 0. The summed E-state index contributed by atoms with van der Waals surface area (Å²) >= 11 is 4.53. The van der Waals surface area contributed by atoms with E-state index in [1.54, 1.807) is 0 Å². The summed E-state index contributed by atoms with van der Waals surface area (Å²) in [6.07, 6.45) is -3.46. The van der Waals surface area contributed by atoms with Crippen molar-refractivity contribution in [2.24, 2.45) is 0 Å². The van der Waals surface area contributed by atoms with E-state index in [0.29, 0.717) is 5.54 Å². The fraction of sp³-hybridized carbons (Fsp3) is 0.333. The van der Waals surface area contributed by atoms with Crippen molar-refractivity contribution in [1.82, 2.24) is 0 Å². The lowest BCUT2D eigenvalue weighted by molar-refractivity contribution is -0.0873. The quantitative estimate of drug-likeness (QED) is 0.470. The number of hydrogen-bond donors (Lipinski definition) is 0. The molecule has 0 spiro atoms. The highest BCUT2D eigenvalue weighted by Crippen LogP contribution is 2.14. The molecule has 0 rings (SSSR count). The van der Waals surface area contributed by atoms with Crippen molar-refractivity contribution >= 4 is 11.6 Å². The van der Waals surface area contributed by atoms with Crippen LogP contribution in [-0.2, 0) is 0 Å². The van der Waals surface area contributed by atoms with Gasteiger partial charge >= 0.3 is 6.18 Å². The highest BCUT2D eigenvalue weighted by molar-refractivity contribution is 6.25. The standard InChI is InChI=1S/C3HClF3/c4-2-1-3(5,6)7/h2H. The van der Waals surface area contributed by atoms with Gasteiger partial charge in [-0.05, 0) is 0 Å². The monoisotopic (exact) mass is 129 g/mol. The maximum atomic E-state index is 10.8. The van der Waals surface area contributed by atoms with Crippen LogP contribution in [0.5, 0.6) is 0 Å². The molecule has 0 aliphatic heterocycles. The van der Waals surface area contributed by atoms with Crippen LogP contribution < -0.4 is 0 Å². The van der Waals surface area contributed by atoms with Crippen LogP contribution in [0.25, 0.3) is 0 Å². The highest BCUT2D eigenvalue weighted by atomic mass is 35.5. The van der Waals surface area contributed by atoms with Gasteiger partial charge in [0, 0.05) is 5.54 Å². The Kier molecular flexibility index (Phi) is 2.15. The van der Waals surface area contributed by atoms with Crippen LogP contribution in [0.2, 0.25) is 0 Å². The molecule has 0 fully saturated rings. The fourth-order valence-corrected chi connectivity index (χ4v) is 0.186. The van der Waals surface area contributed by atoms with Gasteiger partial charge in [-0.2, -0.15) is 13.2 Å². The smallest absolute Gasteiger partial charge is 0.166 e. The van der Waals surface area contributed by atoms with E-state index >= 15 is 0 Å². The Morgan fingerprint density at radius 2 is 1.86 bits per heavy atom. The van der Waals surface area contributed by atoms with Gasteiger partial charge < -0.3 is 0 Å². The van der Waals surface area contributed by atoms with E-state index in [2.05, 4.69) is 11.6 Å². The number of allylic oxidation sites excluding steroid dienone is 1. The summed E-state index contributed by atoms with van der Waals surface area (Å²) in [5.41, 5.74) is 0.306. The molecule has 1 radical (unpaired) electrons. The summed E-state index contributed by atoms with van der Waals surface area (Å²) in [7, 11) is 0. The minimum atomic E-state index is -4.39. The molecule has 7 heavy (non-hydrogen) atoms. The van der Waals surface area contributed by atoms with Crippen molar-refractivity contribution in [1.29, 1.82) is 0 Å². The van der Waals surface area contributed by atoms with E-state index in [1.807, 2.05) is 0 Å². The Morgan fingerprint density at radius 3 is 1.86 bits per heavy atom. The predicted molar refractivity (Wildman–Crippen MR) is 19.7 cm³/mol. The van der Waals surface area contributed by atoms with Crippen molar-refractivity contribution in [2.45, 2.75) is 6.18 Å². The van der Waals surface area contributed by atoms with Crippen LogP contribution in [0, 0.1) is 6.08 Å². The predicted octanol–water partition coefficient (Wildman–Crippen LogP) is 2.10. The van der Waals surface area contributed by atoms with Crippen LogP contribution in [0.15, 0.2) is 5.54 Å². The molecule has 0 unspecified atom stereocenters. The van der Waals surface area contributed by atoms with E-state index in [9.17, 15) is 13.2 Å². The highest BCUT2D eigenvalue weighted by Gasteiger charge is 2.22. The third kappa shape index (κ3) is 5.82. The van der Waals surface area contributed by atoms with Crippen molar-refractivity contribution in [2.75, 3.05) is 0 Å². The molecule has 0 aromatic rings. The van der Waals surface area contributed by atoms with Gasteiger partial charge in [-0.3, -0.25) is 0 Å². The molecule has 0 bridgehead atoms. The van der Waals surface area contributed by atoms with Crippen molar-refractivity contribution in [3.05, 3.63) is 11.6 Å². The first-order valence-corrected chi connectivity index (χ1v) is 1.76. The zero-order valence-corrected chi connectivity index (χ0v) is 3.85. The van der Waals surface area contributed by atoms with Crippen LogP contribution in [0.3, 0.4) is 0 Å². The van der Waals surface area contributed by atoms with Crippen LogP contribution in [0.4, 0.5) is 13.2 Å². The first kappa shape index (κ1) is 6.82. The molecule has 0 amide bonds. The third-order valence-corrected chi connectivity index (χ3v) is 0.327. The lowest BCUT2D eigenvalue weighted by atomic mass is 10.6. The zero-order valence-electron chi connectivity index (χ0n) is 3.09. The van der Waals surface area contributed by atoms with E-state index < -0.39 is 6.18 Å². The first-order chi connectivity index (χ1) is 3.06. The number of halogens is 4. The Bertz CT molecular complexity index is 72.7. The number of rotatable bonds is 0. The summed E-state index contributed by atoms with van der Waals surface area (Å²) < 4.78 is 32.5. The van der Waals surface area contributed by atoms with Gasteiger partial charge in [0.25, 0.3) is 0 Å². The molecule has 0 aliphatic carbocycles. The molecule has 0 saturated carbocycles. The molecule has 0 nitrogen and oxygen atoms in total. The Hall–Kier alpha value is -0.180. The molecule has 0 heterocycles. The van der Waals surface area contributed by atoms with Gasteiger partial charge in [0.1, 0.15) is 0 Å². The zero-order chi connectivity index (χ0) is 5.91. The second kappa shape index (κ2) is 2.21. The van der Waals surface area contributed by atoms with Crippen LogP contribution in [0.1, 0.15) is 0 Å². The topological polar surface area (TPSA) is 0 Å². The van der Waals surface area contributed by atoms with Gasteiger partial charge in [-0.25, -0.2) is 0 Å². The minimum Gasteiger partial charge on any atom is -0.166 e. The maximum Gasteiger partial charge on any atom is 0.417 e. The maximum absolute atomic E-state index is 10.8. The summed E-state index contributed by atoms with van der Waals surface area (Å²) in [4.78, 5) is 0. The van der Waals surface area contributed by atoms with Crippen molar-refractivity contribution in [3.63, 3.8) is 0 Å². The van der Waals surface area contributed by atoms with Crippen LogP contribution >= 0.6 is 11.6 Å². The SMILES string of the molecule is FC(F)(F)/[C]=C\Cl. The third-order valence-electron chi connectivity index (χ3n) is 0.218. The van der Waals surface area contributed by atoms with E-state index in [1.165, 1.54) is 0 Å².